The second-order valence-corrected chi connectivity index (χ2v) is 14.4. The number of aryl methyl sites for hydroxylation is 1. The molecule has 206 valence electrons. The molecule has 0 saturated carbocycles. The quantitative estimate of drug-likeness (QED) is 0.171. The molecule has 3 heterocycles. The van der Waals surface area contributed by atoms with E-state index in [2.05, 4.69) is 11.6 Å². The molecule has 2 aromatic carbocycles. The number of benzene rings is 2. The van der Waals surface area contributed by atoms with Gasteiger partial charge >= 0.3 is 5.69 Å². The number of halogens is 4. The minimum atomic E-state index is -3.43. The van der Waals surface area contributed by atoms with E-state index in [-0.39, 0.29) is 34.5 Å². The van der Waals surface area contributed by atoms with Gasteiger partial charge in [0, 0.05) is 53.4 Å². The number of carbonyl (C=O) groups is 1. The van der Waals surface area contributed by atoms with Crippen molar-refractivity contribution in [2.45, 2.75) is 21.5 Å². The molecule has 0 radical (unpaired) electrons. The Kier molecular flexibility index (Phi) is 7.72. The molecule has 2 aliphatic heterocycles. The van der Waals surface area contributed by atoms with Crippen LogP contribution in [0.3, 0.4) is 0 Å². The molecular weight excluding hydrogens is 685 g/mol. The maximum absolute atomic E-state index is 14.8. The number of hydrogen-bond acceptors (Lipinski definition) is 7. The summed E-state index contributed by atoms with van der Waals surface area (Å²) in [5.74, 6) is -1.53. The number of carbonyl (C=O) groups excluding carboxylic acids is 1. The van der Waals surface area contributed by atoms with Gasteiger partial charge in [0.2, 0.25) is 5.91 Å². The lowest BCUT2D eigenvalue weighted by molar-refractivity contribution is -0.128. The van der Waals surface area contributed by atoms with Crippen LogP contribution in [0.4, 0.5) is 14.6 Å². The van der Waals surface area contributed by atoms with Gasteiger partial charge in [0.25, 0.3) is 0 Å². The first-order chi connectivity index (χ1) is 18.4. The SMILES string of the molecule is C=CC(=O)N1C(I)CS(=O)(=O)CC1CN(C)c1nc(=O)n2c3c(c(-c4ccc(F)cc4F)c(Cl)cc13)SCC2. The topological polar surface area (TPSA) is 92.6 Å². The highest BCUT2D eigenvalue weighted by Gasteiger charge is 2.40. The molecule has 14 heteroatoms. The molecule has 1 fully saturated rings. The fraction of sp³-hybridized carbons (Fsp3) is 0.320. The summed E-state index contributed by atoms with van der Waals surface area (Å²) in [7, 11) is -1.77. The van der Waals surface area contributed by atoms with Gasteiger partial charge in [-0.2, -0.15) is 4.98 Å². The summed E-state index contributed by atoms with van der Waals surface area (Å²) < 4.78 is 54.5. The van der Waals surface area contributed by atoms with Gasteiger partial charge in [-0.3, -0.25) is 9.36 Å². The minimum absolute atomic E-state index is 0.0678. The Labute approximate surface area is 246 Å². The zero-order valence-electron chi connectivity index (χ0n) is 20.5. The third-order valence-electron chi connectivity index (χ3n) is 6.72. The Bertz CT molecular complexity index is 1700. The lowest BCUT2D eigenvalue weighted by atomic mass is 10.0. The molecule has 0 aliphatic carbocycles. The van der Waals surface area contributed by atoms with Gasteiger partial charge in [-0.25, -0.2) is 22.0 Å². The first kappa shape index (κ1) is 28.3. The van der Waals surface area contributed by atoms with Crippen molar-refractivity contribution >= 4 is 78.4 Å². The van der Waals surface area contributed by atoms with Crippen LogP contribution >= 0.6 is 46.0 Å². The third kappa shape index (κ3) is 5.18. The van der Waals surface area contributed by atoms with E-state index < -0.39 is 43.2 Å². The predicted molar refractivity (Wildman–Crippen MR) is 158 cm³/mol. The summed E-state index contributed by atoms with van der Waals surface area (Å²) in [6, 6.07) is 4.11. The largest absolute Gasteiger partial charge is 0.357 e. The first-order valence-electron chi connectivity index (χ1n) is 11.8. The number of amides is 1. The third-order valence-corrected chi connectivity index (χ3v) is 11.4. The zero-order chi connectivity index (χ0) is 28.2. The van der Waals surface area contributed by atoms with Crippen LogP contribution < -0.4 is 10.6 Å². The Morgan fingerprint density at radius 2 is 2.08 bits per heavy atom. The van der Waals surface area contributed by atoms with Crippen molar-refractivity contribution in [1.82, 2.24) is 14.5 Å². The number of aromatic nitrogens is 2. The molecule has 2 aliphatic rings. The summed E-state index contributed by atoms with van der Waals surface area (Å²) in [5, 5.41) is 0.706. The normalized spacial score (nSPS) is 20.2. The predicted octanol–water partition coefficient (Wildman–Crippen LogP) is 4.11. The summed E-state index contributed by atoms with van der Waals surface area (Å²) >= 11 is 10.0. The van der Waals surface area contributed by atoms with Crippen molar-refractivity contribution in [2.24, 2.45) is 0 Å². The molecule has 3 aromatic rings. The fourth-order valence-electron chi connectivity index (χ4n) is 5.11. The monoisotopic (exact) mass is 706 g/mol. The van der Waals surface area contributed by atoms with E-state index >= 15 is 0 Å². The van der Waals surface area contributed by atoms with Crippen molar-refractivity contribution < 1.29 is 22.0 Å². The number of sulfone groups is 1. The van der Waals surface area contributed by atoms with Crippen LogP contribution in [0.1, 0.15) is 0 Å². The van der Waals surface area contributed by atoms with Crippen molar-refractivity contribution in [3.63, 3.8) is 0 Å². The van der Waals surface area contributed by atoms with Gasteiger partial charge in [0.1, 0.15) is 17.5 Å². The smallest absolute Gasteiger partial charge is 0.350 e. The first-order valence-corrected chi connectivity index (χ1v) is 16.2. The van der Waals surface area contributed by atoms with Gasteiger partial charge < -0.3 is 9.80 Å². The highest BCUT2D eigenvalue weighted by molar-refractivity contribution is 14.1. The van der Waals surface area contributed by atoms with Gasteiger partial charge in [0.05, 0.1) is 32.1 Å². The highest BCUT2D eigenvalue weighted by atomic mass is 127. The van der Waals surface area contributed by atoms with Crippen LogP contribution in [0, 0.1) is 11.6 Å². The lowest BCUT2D eigenvalue weighted by Crippen LogP contribution is -2.58. The van der Waals surface area contributed by atoms with E-state index in [0.29, 0.717) is 33.7 Å². The molecule has 0 bridgehead atoms. The van der Waals surface area contributed by atoms with Crippen LogP contribution in [0.5, 0.6) is 0 Å². The van der Waals surface area contributed by atoms with Crippen molar-refractivity contribution in [2.75, 3.05) is 35.8 Å². The molecule has 8 nitrogen and oxygen atoms in total. The van der Waals surface area contributed by atoms with E-state index in [4.69, 9.17) is 11.6 Å². The number of hydrogen-bond donors (Lipinski definition) is 0. The summed E-state index contributed by atoms with van der Waals surface area (Å²) in [5.41, 5.74) is 0.449. The molecule has 1 aromatic heterocycles. The highest BCUT2D eigenvalue weighted by Crippen LogP contribution is 2.46. The van der Waals surface area contributed by atoms with Gasteiger partial charge in [-0.15, -0.1) is 11.8 Å². The Morgan fingerprint density at radius 1 is 1.33 bits per heavy atom. The lowest BCUT2D eigenvalue weighted by Gasteiger charge is -2.40. The summed E-state index contributed by atoms with van der Waals surface area (Å²) in [6.07, 6.45) is 1.15. The maximum Gasteiger partial charge on any atom is 0.350 e. The van der Waals surface area contributed by atoms with Crippen molar-refractivity contribution in [1.29, 1.82) is 0 Å². The average Bonchev–Trinajstić information content (AvgIpc) is 2.85. The standard InChI is InChI=1S/C25H22ClF2IN4O4S2/c1-3-20(34)33-14(11-39(36,37)12-19(33)29)10-31(2)24-16-9-17(26)21(15-5-4-13(27)8-18(15)28)23-22(16)32(6-7-38-23)25(35)30-24/h3-5,8-9,14,19H,1,6-7,10-12H2,2H3. The van der Waals surface area contributed by atoms with E-state index in [0.717, 1.165) is 18.2 Å². The molecule has 0 spiro atoms. The van der Waals surface area contributed by atoms with Crippen LogP contribution in [0.15, 0.2) is 46.6 Å². The number of thioether (sulfide) groups is 1. The zero-order valence-corrected chi connectivity index (χ0v) is 25.1. The molecule has 1 saturated heterocycles. The molecule has 0 N–H and O–H groups in total. The number of anilines is 1. The van der Waals surface area contributed by atoms with E-state index in [9.17, 15) is 26.8 Å². The molecule has 2 atom stereocenters. The Hall–Kier alpha value is -2.23. The average molecular weight is 707 g/mol. The molecule has 2 unspecified atom stereocenters. The Balaban J connectivity index is 1.66. The Morgan fingerprint density at radius 3 is 2.77 bits per heavy atom. The maximum atomic E-state index is 14.8. The van der Waals surface area contributed by atoms with E-state index in [1.165, 1.54) is 27.3 Å². The number of alkyl halides is 1. The van der Waals surface area contributed by atoms with Crippen LogP contribution in [-0.2, 0) is 21.2 Å². The van der Waals surface area contributed by atoms with E-state index in [1.54, 1.807) is 18.0 Å². The number of nitrogens with zero attached hydrogens (tertiary/aromatic N) is 4. The van der Waals surface area contributed by atoms with Crippen molar-refractivity contribution in [3.05, 3.63) is 64.1 Å². The van der Waals surface area contributed by atoms with Crippen LogP contribution in [0.25, 0.3) is 22.0 Å². The molecule has 1 amide bonds. The molecule has 5 rings (SSSR count). The second-order valence-electron chi connectivity index (χ2n) is 9.30. The van der Waals surface area contributed by atoms with Gasteiger partial charge in [0.15, 0.2) is 9.84 Å². The van der Waals surface area contributed by atoms with Crippen LogP contribution in [0.2, 0.25) is 5.02 Å². The summed E-state index contributed by atoms with van der Waals surface area (Å²) in [4.78, 5) is 33.8. The number of rotatable bonds is 5. The van der Waals surface area contributed by atoms with Gasteiger partial charge in [-0.05, 0) is 24.3 Å². The van der Waals surface area contributed by atoms with Crippen LogP contribution in [-0.4, -0.2) is 69.7 Å². The molecular formula is C25H22ClF2IN4O4S2. The molecule has 39 heavy (non-hydrogen) atoms. The second kappa shape index (κ2) is 10.6. The minimum Gasteiger partial charge on any atom is -0.357 e. The fourth-order valence-corrected chi connectivity index (χ4v) is 10.6. The summed E-state index contributed by atoms with van der Waals surface area (Å²) in [6.45, 7) is 3.98. The van der Waals surface area contributed by atoms with Crippen molar-refractivity contribution in [3.8, 4) is 11.1 Å². The van der Waals surface area contributed by atoms with Gasteiger partial charge in [-0.1, -0.05) is 40.8 Å². The number of likely N-dealkylation sites (N-methyl/N-ethyl adjacent to an activating group) is 1. The van der Waals surface area contributed by atoms with E-state index in [1.807, 2.05) is 22.6 Å².